The predicted molar refractivity (Wildman–Crippen MR) is 103 cm³/mol. The Balaban J connectivity index is 1.43. The molecule has 5 nitrogen and oxygen atoms in total. The molecule has 2 aromatic carbocycles. The third-order valence-corrected chi connectivity index (χ3v) is 4.90. The maximum Gasteiger partial charge on any atom is 0.339 e. The van der Waals surface area contributed by atoms with Crippen LogP contribution < -0.4 is 15.7 Å². The molecule has 1 aliphatic carbocycles. The number of hydrogen-bond donors (Lipinski definition) is 1. The minimum Gasteiger partial charge on any atom is -0.484 e. The molecule has 0 aliphatic heterocycles. The van der Waals surface area contributed by atoms with E-state index in [9.17, 15) is 9.59 Å². The maximum absolute atomic E-state index is 12.2. The summed E-state index contributed by atoms with van der Waals surface area (Å²) in [7, 11) is 0. The molecular formula is C22H21NO4. The normalized spacial score (nSPS) is 13.2. The van der Waals surface area contributed by atoms with Crippen molar-refractivity contribution in [1.29, 1.82) is 0 Å². The first-order chi connectivity index (χ1) is 13.2. The number of rotatable bonds is 5. The minimum absolute atomic E-state index is 0.0898. The van der Waals surface area contributed by atoms with E-state index in [1.807, 2.05) is 42.5 Å². The largest absolute Gasteiger partial charge is 0.484 e. The van der Waals surface area contributed by atoms with E-state index in [0.717, 1.165) is 47.8 Å². The molecular weight excluding hydrogens is 342 g/mol. The number of aryl methyl sites for hydroxylation is 1. The number of amides is 1. The molecule has 0 bridgehead atoms. The van der Waals surface area contributed by atoms with Crippen molar-refractivity contribution in [3.8, 4) is 5.75 Å². The molecule has 0 unspecified atom stereocenters. The van der Waals surface area contributed by atoms with Crippen LogP contribution in [-0.4, -0.2) is 12.5 Å². The van der Waals surface area contributed by atoms with Crippen molar-refractivity contribution in [3.05, 3.63) is 75.6 Å². The van der Waals surface area contributed by atoms with Gasteiger partial charge in [0.2, 0.25) is 0 Å². The number of hydrogen-bond acceptors (Lipinski definition) is 4. The van der Waals surface area contributed by atoms with Gasteiger partial charge < -0.3 is 14.5 Å². The summed E-state index contributed by atoms with van der Waals surface area (Å²) >= 11 is 0. The molecule has 27 heavy (non-hydrogen) atoms. The Kier molecular flexibility index (Phi) is 4.92. The van der Waals surface area contributed by atoms with Crippen LogP contribution in [0.4, 0.5) is 0 Å². The van der Waals surface area contributed by atoms with Crippen LogP contribution in [0.5, 0.6) is 5.75 Å². The number of benzene rings is 2. The fourth-order valence-electron chi connectivity index (χ4n) is 3.51. The Labute approximate surface area is 157 Å². The molecule has 5 heteroatoms. The van der Waals surface area contributed by atoms with Crippen LogP contribution in [0.1, 0.15) is 29.5 Å². The summed E-state index contributed by atoms with van der Waals surface area (Å²) in [6.07, 6.45) is 3.81. The van der Waals surface area contributed by atoms with Gasteiger partial charge in [-0.05, 0) is 48.9 Å². The highest BCUT2D eigenvalue weighted by Crippen LogP contribution is 2.29. The SMILES string of the molecule is O=C(COc1ccc2c3c(c(=O)oc2c1)CCCC3)NCc1ccccc1. The van der Waals surface area contributed by atoms with Crippen molar-refractivity contribution < 1.29 is 13.9 Å². The first-order valence-corrected chi connectivity index (χ1v) is 9.23. The second-order valence-corrected chi connectivity index (χ2v) is 6.76. The second kappa shape index (κ2) is 7.66. The lowest BCUT2D eigenvalue weighted by atomic mass is 9.91. The Morgan fingerprint density at radius 1 is 1.04 bits per heavy atom. The van der Waals surface area contributed by atoms with E-state index in [2.05, 4.69) is 5.32 Å². The summed E-state index contributed by atoms with van der Waals surface area (Å²) < 4.78 is 11.1. The van der Waals surface area contributed by atoms with Gasteiger partial charge in [0.25, 0.3) is 5.91 Å². The average molecular weight is 363 g/mol. The van der Waals surface area contributed by atoms with Crippen LogP contribution >= 0.6 is 0 Å². The van der Waals surface area contributed by atoms with Crippen LogP contribution in [0.3, 0.4) is 0 Å². The zero-order valence-corrected chi connectivity index (χ0v) is 15.0. The average Bonchev–Trinajstić information content (AvgIpc) is 2.71. The smallest absolute Gasteiger partial charge is 0.339 e. The van der Waals surface area contributed by atoms with Crippen molar-refractivity contribution in [2.24, 2.45) is 0 Å². The fourth-order valence-corrected chi connectivity index (χ4v) is 3.51. The highest BCUT2D eigenvalue weighted by Gasteiger charge is 2.18. The number of fused-ring (bicyclic) bond motifs is 3. The topological polar surface area (TPSA) is 68.5 Å². The summed E-state index contributed by atoms with van der Waals surface area (Å²) in [5.41, 5.74) is 3.20. The highest BCUT2D eigenvalue weighted by atomic mass is 16.5. The zero-order valence-electron chi connectivity index (χ0n) is 15.0. The van der Waals surface area contributed by atoms with Gasteiger partial charge in [0.05, 0.1) is 0 Å². The molecule has 1 heterocycles. The lowest BCUT2D eigenvalue weighted by Crippen LogP contribution is -2.28. The highest BCUT2D eigenvalue weighted by molar-refractivity contribution is 5.83. The zero-order chi connectivity index (χ0) is 18.6. The molecule has 3 aromatic rings. The third-order valence-electron chi connectivity index (χ3n) is 4.90. The van der Waals surface area contributed by atoms with E-state index in [-0.39, 0.29) is 18.1 Å². The second-order valence-electron chi connectivity index (χ2n) is 6.76. The van der Waals surface area contributed by atoms with Gasteiger partial charge in [-0.15, -0.1) is 0 Å². The van der Waals surface area contributed by atoms with Crippen molar-refractivity contribution in [2.45, 2.75) is 32.2 Å². The van der Waals surface area contributed by atoms with Crippen molar-refractivity contribution in [1.82, 2.24) is 5.32 Å². The Bertz CT molecular complexity index is 1020. The monoisotopic (exact) mass is 363 g/mol. The van der Waals surface area contributed by atoms with Gasteiger partial charge in [-0.2, -0.15) is 0 Å². The molecule has 1 aliphatic rings. The molecule has 138 valence electrons. The molecule has 4 rings (SSSR count). The standard InChI is InChI=1S/C22H21NO4/c24-21(23-13-15-6-2-1-3-7-15)14-26-16-10-11-18-17-8-4-5-9-19(17)22(25)27-20(18)12-16/h1-3,6-7,10-12H,4-5,8-9,13-14H2,(H,23,24). The van der Waals surface area contributed by atoms with Crippen molar-refractivity contribution in [3.63, 3.8) is 0 Å². The van der Waals surface area contributed by atoms with Gasteiger partial charge in [-0.25, -0.2) is 4.79 Å². The van der Waals surface area contributed by atoms with Gasteiger partial charge in [0, 0.05) is 23.6 Å². The predicted octanol–water partition coefficient (Wildman–Crippen LogP) is 3.37. The summed E-state index contributed by atoms with van der Waals surface area (Å²) in [5, 5.41) is 3.78. The molecule has 1 amide bonds. The molecule has 0 atom stereocenters. The van der Waals surface area contributed by atoms with E-state index >= 15 is 0 Å². The van der Waals surface area contributed by atoms with Gasteiger partial charge >= 0.3 is 5.63 Å². The van der Waals surface area contributed by atoms with Crippen LogP contribution in [-0.2, 0) is 24.2 Å². The van der Waals surface area contributed by atoms with Crippen molar-refractivity contribution in [2.75, 3.05) is 6.61 Å². The van der Waals surface area contributed by atoms with E-state index in [0.29, 0.717) is 17.9 Å². The molecule has 0 spiro atoms. The summed E-state index contributed by atoms with van der Waals surface area (Å²) in [6, 6.07) is 15.1. The quantitative estimate of drug-likeness (QED) is 0.706. The molecule has 0 saturated heterocycles. The lowest BCUT2D eigenvalue weighted by Gasteiger charge is -2.16. The third kappa shape index (κ3) is 3.87. The minimum atomic E-state index is -0.255. The first kappa shape index (κ1) is 17.3. The molecule has 0 saturated carbocycles. The van der Waals surface area contributed by atoms with Crippen LogP contribution in [0.15, 0.2) is 57.7 Å². The molecule has 1 aromatic heterocycles. The van der Waals surface area contributed by atoms with E-state index in [1.54, 1.807) is 6.07 Å². The van der Waals surface area contributed by atoms with Crippen molar-refractivity contribution >= 4 is 16.9 Å². The van der Waals surface area contributed by atoms with Crippen LogP contribution in [0.2, 0.25) is 0 Å². The number of nitrogens with one attached hydrogen (secondary N) is 1. The maximum atomic E-state index is 12.2. The lowest BCUT2D eigenvalue weighted by molar-refractivity contribution is -0.123. The van der Waals surface area contributed by atoms with Gasteiger partial charge in [0.15, 0.2) is 6.61 Å². The Hall–Kier alpha value is -3.08. The number of ether oxygens (including phenoxy) is 1. The Morgan fingerprint density at radius 3 is 2.63 bits per heavy atom. The van der Waals surface area contributed by atoms with Gasteiger partial charge in [0.1, 0.15) is 11.3 Å². The summed E-state index contributed by atoms with van der Waals surface area (Å²) in [4.78, 5) is 24.2. The number of carbonyl (C=O) groups is 1. The fraction of sp³-hybridized carbons (Fsp3) is 0.273. The van der Waals surface area contributed by atoms with E-state index in [4.69, 9.17) is 9.15 Å². The van der Waals surface area contributed by atoms with E-state index < -0.39 is 0 Å². The summed E-state index contributed by atoms with van der Waals surface area (Å²) in [5.74, 6) is 0.308. The van der Waals surface area contributed by atoms with E-state index in [1.165, 1.54) is 0 Å². The van der Waals surface area contributed by atoms with Gasteiger partial charge in [-0.1, -0.05) is 30.3 Å². The first-order valence-electron chi connectivity index (χ1n) is 9.23. The number of carbonyl (C=O) groups excluding carboxylic acids is 1. The molecule has 0 radical (unpaired) electrons. The summed E-state index contributed by atoms with van der Waals surface area (Å²) in [6.45, 7) is 0.370. The van der Waals surface area contributed by atoms with Crippen LogP contribution in [0.25, 0.3) is 11.0 Å². The molecule has 0 fully saturated rings. The molecule has 1 N–H and O–H groups in total. The van der Waals surface area contributed by atoms with Crippen LogP contribution in [0, 0.1) is 0 Å². The Morgan fingerprint density at radius 2 is 1.81 bits per heavy atom. The van der Waals surface area contributed by atoms with Gasteiger partial charge in [-0.3, -0.25) is 4.79 Å².